The third kappa shape index (κ3) is 4.96. The van der Waals surface area contributed by atoms with E-state index in [1.54, 1.807) is 41.5 Å². The Kier molecular flexibility index (Phi) is 5.63. The van der Waals surface area contributed by atoms with Gasteiger partial charge in [-0.2, -0.15) is 8.42 Å². The van der Waals surface area contributed by atoms with Crippen LogP contribution >= 0.6 is 0 Å². The fourth-order valence-corrected chi connectivity index (χ4v) is 4.19. The molecule has 0 aliphatic heterocycles. The lowest BCUT2D eigenvalue weighted by molar-refractivity contribution is 0.262. The highest BCUT2D eigenvalue weighted by atomic mass is 32.2. The van der Waals surface area contributed by atoms with Crippen LogP contribution in [0.3, 0.4) is 0 Å². The van der Waals surface area contributed by atoms with E-state index in [1.807, 2.05) is 0 Å². The van der Waals surface area contributed by atoms with Crippen molar-refractivity contribution in [3.63, 3.8) is 0 Å². The number of H-pyrrole nitrogens is 1. The molecule has 10 nitrogen and oxygen atoms in total. The lowest BCUT2D eigenvalue weighted by Gasteiger charge is -2.08. The molecule has 0 saturated carbocycles. The van der Waals surface area contributed by atoms with Gasteiger partial charge in [-0.15, -0.1) is 0 Å². The SMILES string of the molecule is O=C(Nc1ccc(F)cc1)Nc1nc2cc(OS(=O)(=O)c3ccc(-n4ccnc4)cc3)ccc2[nH]1. The number of halogens is 1. The highest BCUT2D eigenvalue weighted by molar-refractivity contribution is 7.87. The highest BCUT2D eigenvalue weighted by Gasteiger charge is 2.18. The van der Waals surface area contributed by atoms with Gasteiger partial charge in [0.05, 0.1) is 17.4 Å². The molecule has 0 spiro atoms. The van der Waals surface area contributed by atoms with Gasteiger partial charge in [-0.1, -0.05) is 0 Å². The Hall–Kier alpha value is -4.71. The summed E-state index contributed by atoms with van der Waals surface area (Å²) in [7, 11) is -4.09. The van der Waals surface area contributed by atoms with Crippen LogP contribution in [0.15, 0.2) is 90.3 Å². The summed E-state index contributed by atoms with van der Waals surface area (Å²) in [6.07, 6.45) is 4.97. The number of hydrogen-bond acceptors (Lipinski definition) is 6. The van der Waals surface area contributed by atoms with Crippen molar-refractivity contribution >= 4 is 38.8 Å². The predicted octanol–water partition coefficient (Wildman–Crippen LogP) is 4.30. The van der Waals surface area contributed by atoms with Crippen LogP contribution in [0, 0.1) is 5.82 Å². The molecule has 12 heteroatoms. The molecule has 0 saturated heterocycles. The zero-order valence-electron chi connectivity index (χ0n) is 17.8. The topological polar surface area (TPSA) is 131 Å². The number of fused-ring (bicyclic) bond motifs is 1. The quantitative estimate of drug-likeness (QED) is 0.303. The maximum atomic E-state index is 13.0. The van der Waals surface area contributed by atoms with Gasteiger partial charge in [-0.05, 0) is 60.7 Å². The Balaban J connectivity index is 1.28. The first-order valence-electron chi connectivity index (χ1n) is 10.2. The molecule has 35 heavy (non-hydrogen) atoms. The summed E-state index contributed by atoms with van der Waals surface area (Å²) < 4.78 is 45.5. The van der Waals surface area contributed by atoms with Gasteiger partial charge in [0.25, 0.3) is 0 Å². The van der Waals surface area contributed by atoms with Crippen molar-refractivity contribution in [3.05, 3.63) is 91.3 Å². The van der Waals surface area contributed by atoms with E-state index in [-0.39, 0.29) is 16.6 Å². The van der Waals surface area contributed by atoms with E-state index in [0.29, 0.717) is 16.7 Å². The molecule has 5 aromatic rings. The number of carbonyl (C=O) groups excluding carboxylic acids is 1. The molecule has 3 N–H and O–H groups in total. The van der Waals surface area contributed by atoms with E-state index in [1.165, 1.54) is 48.5 Å². The Morgan fingerprint density at radius 2 is 1.77 bits per heavy atom. The minimum atomic E-state index is -4.09. The van der Waals surface area contributed by atoms with Crippen molar-refractivity contribution in [1.29, 1.82) is 0 Å². The number of aromatic amines is 1. The average Bonchev–Trinajstić information content (AvgIpc) is 3.50. The molecule has 2 heterocycles. The lowest BCUT2D eigenvalue weighted by atomic mass is 10.3. The van der Waals surface area contributed by atoms with E-state index in [2.05, 4.69) is 25.6 Å². The van der Waals surface area contributed by atoms with Crippen LogP contribution in [0.2, 0.25) is 0 Å². The summed E-state index contributed by atoms with van der Waals surface area (Å²) in [4.78, 5) is 23.3. The average molecular weight is 492 g/mol. The lowest BCUT2D eigenvalue weighted by Crippen LogP contribution is -2.20. The summed E-state index contributed by atoms with van der Waals surface area (Å²) in [6.45, 7) is 0. The highest BCUT2D eigenvalue weighted by Crippen LogP contribution is 2.24. The van der Waals surface area contributed by atoms with Crippen LogP contribution in [-0.2, 0) is 10.1 Å². The van der Waals surface area contributed by atoms with Gasteiger partial charge in [0.2, 0.25) is 5.95 Å². The van der Waals surface area contributed by atoms with Crippen molar-refractivity contribution in [2.45, 2.75) is 4.90 Å². The second-order valence-corrected chi connectivity index (χ2v) is 8.90. The minimum absolute atomic E-state index is 0.0108. The number of nitrogens with one attached hydrogen (secondary N) is 3. The van der Waals surface area contributed by atoms with Gasteiger partial charge in [0.1, 0.15) is 16.5 Å². The largest absolute Gasteiger partial charge is 0.379 e. The number of imidazole rings is 2. The van der Waals surface area contributed by atoms with Gasteiger partial charge >= 0.3 is 16.1 Å². The Bertz CT molecular complexity index is 1600. The van der Waals surface area contributed by atoms with Crippen molar-refractivity contribution < 1.29 is 21.8 Å². The maximum Gasteiger partial charge on any atom is 0.339 e. The zero-order chi connectivity index (χ0) is 24.4. The van der Waals surface area contributed by atoms with Gasteiger partial charge < -0.3 is 19.1 Å². The monoisotopic (exact) mass is 492 g/mol. The summed E-state index contributed by atoms with van der Waals surface area (Å²) in [5.41, 5.74) is 2.09. The molecule has 0 bridgehead atoms. The summed E-state index contributed by atoms with van der Waals surface area (Å²) >= 11 is 0. The number of rotatable bonds is 6. The van der Waals surface area contributed by atoms with Crippen LogP contribution < -0.4 is 14.8 Å². The van der Waals surface area contributed by atoms with Crippen LogP contribution in [0.5, 0.6) is 5.75 Å². The fraction of sp³-hybridized carbons (Fsp3) is 0. The molecule has 176 valence electrons. The number of benzene rings is 3. The van der Waals surface area contributed by atoms with Crippen LogP contribution in [0.25, 0.3) is 16.7 Å². The first-order valence-corrected chi connectivity index (χ1v) is 11.6. The van der Waals surface area contributed by atoms with Crippen LogP contribution in [0.4, 0.5) is 20.8 Å². The Labute approximate surface area is 198 Å². The number of carbonyl (C=O) groups is 1. The smallest absolute Gasteiger partial charge is 0.339 e. The first-order chi connectivity index (χ1) is 16.9. The molecule has 3 aromatic carbocycles. The third-order valence-corrected chi connectivity index (χ3v) is 6.18. The molecular weight excluding hydrogens is 475 g/mol. The number of anilines is 2. The van der Waals surface area contributed by atoms with Crippen molar-refractivity contribution in [2.75, 3.05) is 10.6 Å². The molecule has 0 atom stereocenters. The number of urea groups is 1. The Morgan fingerprint density at radius 1 is 1.00 bits per heavy atom. The van der Waals surface area contributed by atoms with Crippen molar-refractivity contribution in [3.8, 4) is 11.4 Å². The van der Waals surface area contributed by atoms with Crippen LogP contribution in [0.1, 0.15) is 0 Å². The third-order valence-electron chi connectivity index (χ3n) is 4.92. The van der Waals surface area contributed by atoms with E-state index in [4.69, 9.17) is 4.18 Å². The molecule has 2 amide bonds. The second kappa shape index (κ2) is 8.91. The van der Waals surface area contributed by atoms with Crippen LogP contribution in [-0.4, -0.2) is 34.0 Å². The van der Waals surface area contributed by atoms with E-state index in [9.17, 15) is 17.6 Å². The zero-order valence-corrected chi connectivity index (χ0v) is 18.7. The maximum absolute atomic E-state index is 13.0. The van der Waals surface area contributed by atoms with Gasteiger partial charge in [0.15, 0.2) is 0 Å². The summed E-state index contributed by atoms with van der Waals surface area (Å²) in [6, 6.07) is 15.4. The molecule has 0 aliphatic rings. The normalized spacial score (nSPS) is 11.3. The predicted molar refractivity (Wildman–Crippen MR) is 127 cm³/mol. The molecule has 0 fully saturated rings. The van der Waals surface area contributed by atoms with E-state index < -0.39 is 22.0 Å². The summed E-state index contributed by atoms with van der Waals surface area (Å²) in [5, 5.41) is 5.08. The number of amides is 2. The van der Waals surface area contributed by atoms with Crippen molar-refractivity contribution in [1.82, 2.24) is 19.5 Å². The van der Waals surface area contributed by atoms with E-state index in [0.717, 1.165) is 5.69 Å². The second-order valence-electron chi connectivity index (χ2n) is 7.35. The van der Waals surface area contributed by atoms with Gasteiger partial charge in [-0.25, -0.2) is 19.2 Å². The van der Waals surface area contributed by atoms with Gasteiger partial charge in [-0.3, -0.25) is 5.32 Å². The standard InChI is InChI=1S/C23H17FN6O4S/c24-15-1-3-16(4-2-15)26-23(31)29-22-27-20-10-7-18(13-21(20)28-22)34-35(32,33)19-8-5-17(6-9-19)30-12-11-25-14-30/h1-14H,(H3,26,27,28,29,31). The molecule has 0 radical (unpaired) electrons. The van der Waals surface area contributed by atoms with Crippen molar-refractivity contribution in [2.24, 2.45) is 0 Å². The number of aromatic nitrogens is 4. The Morgan fingerprint density at radius 3 is 2.49 bits per heavy atom. The fourth-order valence-electron chi connectivity index (χ4n) is 3.27. The molecule has 2 aromatic heterocycles. The molecule has 0 aliphatic carbocycles. The minimum Gasteiger partial charge on any atom is -0.379 e. The number of nitrogens with zero attached hydrogens (tertiary/aromatic N) is 3. The van der Waals surface area contributed by atoms with Gasteiger partial charge in [0, 0.05) is 29.8 Å². The van der Waals surface area contributed by atoms with E-state index >= 15 is 0 Å². The molecular formula is C23H17FN6O4S. The molecule has 0 unspecified atom stereocenters. The number of hydrogen-bond donors (Lipinski definition) is 3. The summed E-state index contributed by atoms with van der Waals surface area (Å²) in [5.74, 6) is -0.223. The first kappa shape index (κ1) is 22.1. The molecule has 5 rings (SSSR count).